The molecule has 0 aliphatic rings. The molecule has 22 heavy (non-hydrogen) atoms. The van der Waals surface area contributed by atoms with E-state index in [-0.39, 0.29) is 24.5 Å². The smallest absolute Gasteiger partial charge is 0.326 e. The fraction of sp³-hybridized carbons (Fsp3) is 0.562. The molecule has 2 N–H and O–H groups in total. The number of carbonyl (C=O) groups is 3. The van der Waals surface area contributed by atoms with Gasteiger partial charge in [0.15, 0.2) is 5.78 Å². The molecule has 0 saturated heterocycles. The SMILES string of the molecule is Cc1cc(C(=O)CCC(=O)N[C@H](CC(C)C)C(=O)O)c(C)s1. The van der Waals surface area contributed by atoms with Gasteiger partial charge in [-0.25, -0.2) is 4.79 Å². The molecule has 6 heteroatoms. The maximum absolute atomic E-state index is 12.1. The lowest BCUT2D eigenvalue weighted by atomic mass is 10.0. The number of hydrogen-bond acceptors (Lipinski definition) is 4. The number of ketones is 1. The lowest BCUT2D eigenvalue weighted by molar-refractivity contribution is -0.142. The number of amides is 1. The van der Waals surface area contributed by atoms with Gasteiger partial charge in [0.25, 0.3) is 0 Å². The number of hydrogen-bond donors (Lipinski definition) is 2. The second kappa shape index (κ2) is 8.08. The van der Waals surface area contributed by atoms with E-state index in [0.29, 0.717) is 12.0 Å². The van der Waals surface area contributed by atoms with E-state index < -0.39 is 17.9 Å². The van der Waals surface area contributed by atoms with Crippen molar-refractivity contribution < 1.29 is 19.5 Å². The lowest BCUT2D eigenvalue weighted by Gasteiger charge is -2.16. The second-order valence-electron chi connectivity index (χ2n) is 5.84. The number of carboxylic acid groups (broad SMARTS) is 1. The van der Waals surface area contributed by atoms with Crippen LogP contribution in [0.5, 0.6) is 0 Å². The van der Waals surface area contributed by atoms with Crippen LogP contribution in [0.4, 0.5) is 0 Å². The Kier molecular flexibility index (Phi) is 6.74. The van der Waals surface area contributed by atoms with Crippen LogP contribution >= 0.6 is 11.3 Å². The summed E-state index contributed by atoms with van der Waals surface area (Å²) in [5, 5.41) is 11.6. The van der Waals surface area contributed by atoms with Gasteiger partial charge in [-0.3, -0.25) is 9.59 Å². The molecular weight excluding hydrogens is 302 g/mol. The first-order valence-electron chi connectivity index (χ1n) is 7.33. The van der Waals surface area contributed by atoms with Crippen molar-refractivity contribution in [3.63, 3.8) is 0 Å². The zero-order valence-corrected chi connectivity index (χ0v) is 14.3. The van der Waals surface area contributed by atoms with E-state index in [1.807, 2.05) is 33.8 Å². The van der Waals surface area contributed by atoms with Gasteiger partial charge in [-0.15, -0.1) is 11.3 Å². The molecule has 0 bridgehead atoms. The van der Waals surface area contributed by atoms with Gasteiger partial charge in [-0.2, -0.15) is 0 Å². The van der Waals surface area contributed by atoms with E-state index in [0.717, 1.165) is 9.75 Å². The molecule has 0 spiro atoms. The minimum atomic E-state index is -1.04. The monoisotopic (exact) mass is 325 g/mol. The molecule has 0 aliphatic heterocycles. The summed E-state index contributed by atoms with van der Waals surface area (Å²) >= 11 is 1.55. The molecule has 0 unspecified atom stereocenters. The predicted molar refractivity (Wildman–Crippen MR) is 86.4 cm³/mol. The van der Waals surface area contributed by atoms with Crippen LogP contribution in [0.2, 0.25) is 0 Å². The van der Waals surface area contributed by atoms with Crippen molar-refractivity contribution >= 4 is 29.0 Å². The molecule has 0 fully saturated rings. The minimum absolute atomic E-state index is 0.00897. The van der Waals surface area contributed by atoms with Crippen LogP contribution in [0.3, 0.4) is 0 Å². The minimum Gasteiger partial charge on any atom is -0.480 e. The van der Waals surface area contributed by atoms with Gasteiger partial charge in [0.2, 0.25) is 5.91 Å². The molecule has 0 aromatic carbocycles. The summed E-state index contributed by atoms with van der Waals surface area (Å²) in [7, 11) is 0. The van der Waals surface area contributed by atoms with Gasteiger partial charge >= 0.3 is 5.97 Å². The average Bonchev–Trinajstić information content (AvgIpc) is 2.73. The summed E-state index contributed by atoms with van der Waals surface area (Å²) in [6.45, 7) is 7.61. The number of carbonyl (C=O) groups excluding carboxylic acids is 2. The number of nitrogens with one attached hydrogen (secondary N) is 1. The van der Waals surface area contributed by atoms with Crippen LogP contribution in [0.1, 0.15) is 53.2 Å². The zero-order valence-electron chi connectivity index (χ0n) is 13.4. The number of thiophene rings is 1. The van der Waals surface area contributed by atoms with Gasteiger partial charge in [0.05, 0.1) is 0 Å². The molecule has 1 amide bonds. The van der Waals surface area contributed by atoms with Crippen LogP contribution in [0.25, 0.3) is 0 Å². The van der Waals surface area contributed by atoms with E-state index in [1.54, 1.807) is 11.3 Å². The summed E-state index contributed by atoms with van der Waals surface area (Å²) in [5.41, 5.74) is 0.660. The standard InChI is InChI=1S/C16H23NO4S/c1-9(2)7-13(16(20)21)17-15(19)6-5-14(18)12-8-10(3)22-11(12)4/h8-9,13H,5-7H2,1-4H3,(H,17,19)(H,20,21)/t13-/m1/s1. The maximum Gasteiger partial charge on any atom is 0.326 e. The van der Waals surface area contributed by atoms with Gasteiger partial charge in [0.1, 0.15) is 6.04 Å². The largest absolute Gasteiger partial charge is 0.480 e. The third-order valence-electron chi connectivity index (χ3n) is 3.26. The zero-order chi connectivity index (χ0) is 16.9. The maximum atomic E-state index is 12.1. The number of aryl methyl sites for hydroxylation is 2. The fourth-order valence-corrected chi connectivity index (χ4v) is 3.17. The third-order valence-corrected chi connectivity index (χ3v) is 4.23. The van der Waals surface area contributed by atoms with E-state index in [9.17, 15) is 14.4 Å². The van der Waals surface area contributed by atoms with Gasteiger partial charge in [-0.05, 0) is 32.3 Å². The molecule has 1 aromatic rings. The first-order chi connectivity index (χ1) is 10.2. The highest BCUT2D eigenvalue weighted by Gasteiger charge is 2.21. The Labute approximate surface area is 134 Å². The van der Waals surface area contributed by atoms with Crippen molar-refractivity contribution in [2.24, 2.45) is 5.92 Å². The van der Waals surface area contributed by atoms with Crippen molar-refractivity contribution in [1.29, 1.82) is 0 Å². The Hall–Kier alpha value is -1.69. The molecule has 0 saturated carbocycles. The first-order valence-corrected chi connectivity index (χ1v) is 8.14. The molecule has 0 radical (unpaired) electrons. The Morgan fingerprint density at radius 1 is 1.23 bits per heavy atom. The summed E-state index contributed by atoms with van der Waals surface area (Å²) < 4.78 is 0. The molecule has 122 valence electrons. The summed E-state index contributed by atoms with van der Waals surface area (Å²) in [6.07, 6.45) is 0.476. The second-order valence-corrected chi connectivity index (χ2v) is 7.30. The number of aliphatic carboxylic acids is 1. The van der Waals surface area contributed by atoms with E-state index in [1.165, 1.54) is 0 Å². The van der Waals surface area contributed by atoms with Crippen molar-refractivity contribution in [2.75, 3.05) is 0 Å². The van der Waals surface area contributed by atoms with E-state index in [4.69, 9.17) is 5.11 Å². The first kappa shape index (κ1) is 18.4. The normalized spacial score (nSPS) is 12.2. The van der Waals surface area contributed by atoms with Crippen molar-refractivity contribution in [3.05, 3.63) is 21.4 Å². The molecule has 0 aliphatic carbocycles. The highest BCUT2D eigenvalue weighted by atomic mass is 32.1. The van der Waals surface area contributed by atoms with E-state index >= 15 is 0 Å². The summed E-state index contributed by atoms with van der Waals surface area (Å²) in [4.78, 5) is 37.0. The Balaban J connectivity index is 2.53. The molecule has 1 heterocycles. The molecule has 1 rings (SSSR count). The van der Waals surface area contributed by atoms with Crippen molar-refractivity contribution in [2.45, 2.75) is 53.0 Å². The summed E-state index contributed by atoms with van der Waals surface area (Å²) in [6, 6.07) is 0.937. The van der Waals surface area contributed by atoms with Crippen molar-refractivity contribution in [1.82, 2.24) is 5.32 Å². The lowest BCUT2D eigenvalue weighted by Crippen LogP contribution is -2.41. The van der Waals surface area contributed by atoms with Crippen LogP contribution in [0, 0.1) is 19.8 Å². The summed E-state index contributed by atoms with van der Waals surface area (Å²) in [5.74, 6) is -1.35. The number of carboxylic acids is 1. The predicted octanol–water partition coefficient (Wildman–Crippen LogP) is 2.94. The molecule has 1 atom stereocenters. The third kappa shape index (κ3) is 5.60. The van der Waals surface area contributed by atoms with Crippen molar-refractivity contribution in [3.8, 4) is 0 Å². The fourth-order valence-electron chi connectivity index (χ4n) is 2.23. The van der Waals surface area contributed by atoms with E-state index in [2.05, 4.69) is 5.32 Å². The van der Waals surface area contributed by atoms with Gasteiger partial charge in [0, 0.05) is 28.2 Å². The van der Waals surface area contributed by atoms with Crippen LogP contribution in [-0.2, 0) is 9.59 Å². The van der Waals surface area contributed by atoms with Crippen LogP contribution < -0.4 is 5.32 Å². The molecule has 1 aromatic heterocycles. The Bertz CT molecular complexity index is 562. The Morgan fingerprint density at radius 2 is 1.86 bits per heavy atom. The molecular formula is C16H23NO4S. The topological polar surface area (TPSA) is 83.5 Å². The van der Waals surface area contributed by atoms with Crippen LogP contribution in [-0.4, -0.2) is 28.8 Å². The average molecular weight is 325 g/mol. The quantitative estimate of drug-likeness (QED) is 0.720. The Morgan fingerprint density at radius 3 is 2.32 bits per heavy atom. The highest BCUT2D eigenvalue weighted by molar-refractivity contribution is 7.12. The van der Waals surface area contributed by atoms with Crippen LogP contribution in [0.15, 0.2) is 6.07 Å². The van der Waals surface area contributed by atoms with Gasteiger partial charge in [-0.1, -0.05) is 13.8 Å². The number of rotatable bonds is 8. The highest BCUT2D eigenvalue weighted by Crippen LogP contribution is 2.22. The van der Waals surface area contributed by atoms with Gasteiger partial charge < -0.3 is 10.4 Å². The number of Topliss-reactive ketones (excluding diaryl/α,β-unsaturated/α-hetero) is 1. The molecule has 5 nitrogen and oxygen atoms in total.